The normalized spacial score (nSPS) is 17.7. The highest BCUT2D eigenvalue weighted by atomic mass is 16.7. The number of aliphatic hydroxyl groups excluding tert-OH is 1. The van der Waals surface area contributed by atoms with Gasteiger partial charge in [0.15, 0.2) is 11.5 Å². The Labute approximate surface area is 166 Å². The maximum Gasteiger partial charge on any atom is 0.231 e. The van der Waals surface area contributed by atoms with E-state index in [-0.39, 0.29) is 6.79 Å². The summed E-state index contributed by atoms with van der Waals surface area (Å²) < 4.78 is 16.4. The molecule has 0 aliphatic carbocycles. The molecule has 2 aromatic carbocycles. The van der Waals surface area contributed by atoms with Crippen LogP contribution in [0.2, 0.25) is 0 Å². The van der Waals surface area contributed by atoms with Gasteiger partial charge in [-0.25, -0.2) is 0 Å². The van der Waals surface area contributed by atoms with Gasteiger partial charge in [-0.1, -0.05) is 18.2 Å². The molecule has 6 nitrogen and oxygen atoms in total. The van der Waals surface area contributed by atoms with Gasteiger partial charge in [-0.05, 0) is 42.3 Å². The molecule has 1 N–H and O–H groups in total. The summed E-state index contributed by atoms with van der Waals surface area (Å²) in [5.41, 5.74) is 3.59. The number of β-amino-alcohol motifs (C(OH)–C–C–N with tert-alkyl or cyclic N) is 1. The summed E-state index contributed by atoms with van der Waals surface area (Å²) in [5, 5.41) is 10.3. The minimum Gasteiger partial charge on any atom is -0.454 e. The number of aliphatic hydroxyl groups is 1. The van der Waals surface area contributed by atoms with Gasteiger partial charge in [0, 0.05) is 38.4 Å². The van der Waals surface area contributed by atoms with Crippen molar-refractivity contribution < 1.29 is 19.3 Å². The largest absolute Gasteiger partial charge is 0.454 e. The van der Waals surface area contributed by atoms with Crippen molar-refractivity contribution in [3.8, 4) is 11.5 Å². The molecule has 0 spiro atoms. The molecule has 150 valence electrons. The second kappa shape index (κ2) is 8.82. The molecule has 6 heteroatoms. The van der Waals surface area contributed by atoms with Crippen molar-refractivity contribution in [3.05, 3.63) is 53.6 Å². The maximum absolute atomic E-state index is 10.3. The van der Waals surface area contributed by atoms with Crippen LogP contribution in [0, 0.1) is 6.92 Å². The number of fused-ring (bicyclic) bond motifs is 1. The molecule has 1 saturated heterocycles. The lowest BCUT2D eigenvalue weighted by Crippen LogP contribution is -2.49. The number of piperazine rings is 1. The van der Waals surface area contributed by atoms with Crippen LogP contribution in [0.25, 0.3) is 0 Å². The van der Waals surface area contributed by atoms with E-state index < -0.39 is 6.10 Å². The number of rotatable bonds is 7. The Bertz CT molecular complexity index is 790. The smallest absolute Gasteiger partial charge is 0.231 e. The van der Waals surface area contributed by atoms with Crippen LogP contribution in [0.5, 0.6) is 11.5 Å². The van der Waals surface area contributed by atoms with Crippen LogP contribution in [-0.4, -0.2) is 62.2 Å². The van der Waals surface area contributed by atoms with Crippen LogP contribution in [0.4, 0.5) is 5.69 Å². The third-order valence-corrected chi connectivity index (χ3v) is 5.22. The van der Waals surface area contributed by atoms with Crippen LogP contribution in [0.1, 0.15) is 11.1 Å². The molecule has 0 saturated carbocycles. The Kier molecular flexibility index (Phi) is 6.00. The quantitative estimate of drug-likeness (QED) is 0.791. The molecule has 2 aromatic rings. The summed E-state index contributed by atoms with van der Waals surface area (Å²) in [6.45, 7) is 7.68. The molecular weight excluding hydrogens is 356 g/mol. The first-order valence-corrected chi connectivity index (χ1v) is 9.86. The first-order valence-electron chi connectivity index (χ1n) is 9.86. The van der Waals surface area contributed by atoms with E-state index in [4.69, 9.17) is 14.2 Å². The number of hydrogen-bond acceptors (Lipinski definition) is 6. The first kappa shape index (κ1) is 19.1. The Hall–Kier alpha value is -2.28. The summed E-state index contributed by atoms with van der Waals surface area (Å²) in [4.78, 5) is 4.72. The number of benzene rings is 2. The fourth-order valence-electron chi connectivity index (χ4n) is 3.71. The second-order valence-electron chi connectivity index (χ2n) is 7.48. The molecule has 4 rings (SSSR count). The molecule has 2 aliphatic heterocycles. The minimum absolute atomic E-state index is 0.273. The molecule has 1 unspecified atom stereocenters. The van der Waals surface area contributed by atoms with E-state index in [0.29, 0.717) is 19.8 Å². The Morgan fingerprint density at radius 3 is 2.68 bits per heavy atom. The topological polar surface area (TPSA) is 54.4 Å². The molecule has 0 amide bonds. The van der Waals surface area contributed by atoms with E-state index >= 15 is 0 Å². The summed E-state index contributed by atoms with van der Waals surface area (Å²) in [6.07, 6.45) is -0.487. The van der Waals surface area contributed by atoms with E-state index in [9.17, 15) is 5.11 Å². The van der Waals surface area contributed by atoms with Crippen molar-refractivity contribution in [1.29, 1.82) is 0 Å². The SMILES string of the molecule is Cc1cccc(N2CCN(CC(O)COCc3ccc4c(c3)OCO4)CC2)c1. The van der Waals surface area contributed by atoms with Crippen LogP contribution >= 0.6 is 0 Å². The van der Waals surface area contributed by atoms with Crippen molar-refractivity contribution in [3.63, 3.8) is 0 Å². The lowest BCUT2D eigenvalue weighted by molar-refractivity contribution is 0.00911. The van der Waals surface area contributed by atoms with Crippen LogP contribution in [0.3, 0.4) is 0 Å². The zero-order valence-corrected chi connectivity index (χ0v) is 16.3. The molecule has 1 fully saturated rings. The highest BCUT2D eigenvalue weighted by Crippen LogP contribution is 2.32. The van der Waals surface area contributed by atoms with Gasteiger partial charge in [0.1, 0.15) is 0 Å². The van der Waals surface area contributed by atoms with Gasteiger partial charge < -0.3 is 24.2 Å². The molecular formula is C22H28N2O4. The number of hydrogen-bond donors (Lipinski definition) is 1. The van der Waals surface area contributed by atoms with E-state index in [1.54, 1.807) is 0 Å². The van der Waals surface area contributed by atoms with Gasteiger partial charge in [0.05, 0.1) is 19.3 Å². The highest BCUT2D eigenvalue weighted by molar-refractivity contribution is 5.48. The Morgan fingerprint density at radius 1 is 1.04 bits per heavy atom. The maximum atomic E-state index is 10.3. The van der Waals surface area contributed by atoms with Crippen molar-refractivity contribution >= 4 is 5.69 Å². The fourth-order valence-corrected chi connectivity index (χ4v) is 3.71. The second-order valence-corrected chi connectivity index (χ2v) is 7.48. The first-order chi connectivity index (χ1) is 13.7. The lowest BCUT2D eigenvalue weighted by atomic mass is 10.2. The standard InChI is InChI=1S/C22H28N2O4/c1-17-3-2-4-19(11-17)24-9-7-23(8-10-24)13-20(25)15-26-14-18-5-6-21-22(12-18)28-16-27-21/h2-6,11-12,20,25H,7-10,13-16H2,1H3. The molecule has 0 bridgehead atoms. The van der Waals surface area contributed by atoms with Crippen LogP contribution in [-0.2, 0) is 11.3 Å². The number of nitrogens with zero attached hydrogens (tertiary/aromatic N) is 2. The molecule has 28 heavy (non-hydrogen) atoms. The van der Waals surface area contributed by atoms with E-state index in [0.717, 1.165) is 43.2 Å². The zero-order valence-electron chi connectivity index (χ0n) is 16.3. The number of aryl methyl sites for hydroxylation is 1. The molecule has 2 aliphatic rings. The third-order valence-electron chi connectivity index (χ3n) is 5.22. The van der Waals surface area contributed by atoms with E-state index in [1.165, 1.54) is 11.3 Å². The van der Waals surface area contributed by atoms with Gasteiger partial charge in [0.25, 0.3) is 0 Å². The summed E-state index contributed by atoms with van der Waals surface area (Å²) in [5.74, 6) is 1.53. The zero-order chi connectivity index (χ0) is 19.3. The average molecular weight is 384 g/mol. The monoisotopic (exact) mass is 384 g/mol. The van der Waals surface area contributed by atoms with Gasteiger partial charge in [0.2, 0.25) is 6.79 Å². The molecule has 0 aromatic heterocycles. The lowest BCUT2D eigenvalue weighted by Gasteiger charge is -2.37. The molecule has 2 heterocycles. The van der Waals surface area contributed by atoms with Crippen molar-refractivity contribution in [2.45, 2.75) is 19.6 Å². The molecule has 0 radical (unpaired) electrons. The van der Waals surface area contributed by atoms with Crippen molar-refractivity contribution in [2.24, 2.45) is 0 Å². The van der Waals surface area contributed by atoms with Gasteiger partial charge >= 0.3 is 0 Å². The number of anilines is 1. The van der Waals surface area contributed by atoms with Gasteiger partial charge in [-0.2, -0.15) is 0 Å². The molecule has 1 atom stereocenters. The van der Waals surface area contributed by atoms with Crippen LogP contribution in [0.15, 0.2) is 42.5 Å². The Morgan fingerprint density at radius 2 is 1.86 bits per heavy atom. The average Bonchev–Trinajstić information content (AvgIpc) is 3.16. The predicted molar refractivity (Wildman–Crippen MR) is 108 cm³/mol. The predicted octanol–water partition coefficient (Wildman–Crippen LogP) is 2.42. The third kappa shape index (κ3) is 4.76. The summed E-state index contributed by atoms with van der Waals surface area (Å²) in [6, 6.07) is 14.4. The van der Waals surface area contributed by atoms with E-state index in [1.807, 2.05) is 18.2 Å². The van der Waals surface area contributed by atoms with Gasteiger partial charge in [-0.15, -0.1) is 0 Å². The van der Waals surface area contributed by atoms with Crippen molar-refractivity contribution in [1.82, 2.24) is 4.90 Å². The minimum atomic E-state index is -0.487. The highest BCUT2D eigenvalue weighted by Gasteiger charge is 2.20. The fraction of sp³-hybridized carbons (Fsp3) is 0.455. The number of ether oxygens (including phenoxy) is 3. The van der Waals surface area contributed by atoms with Crippen LogP contribution < -0.4 is 14.4 Å². The van der Waals surface area contributed by atoms with E-state index in [2.05, 4.69) is 41.0 Å². The Balaban J connectivity index is 1.17. The van der Waals surface area contributed by atoms with Gasteiger partial charge in [-0.3, -0.25) is 4.90 Å². The summed E-state index contributed by atoms with van der Waals surface area (Å²) in [7, 11) is 0. The summed E-state index contributed by atoms with van der Waals surface area (Å²) >= 11 is 0. The van der Waals surface area contributed by atoms with Crippen molar-refractivity contribution in [2.75, 3.05) is 51.0 Å².